The van der Waals surface area contributed by atoms with E-state index in [0.29, 0.717) is 18.7 Å². The molecule has 3 rings (SSSR count). The summed E-state index contributed by atoms with van der Waals surface area (Å²) >= 11 is 0. The van der Waals surface area contributed by atoms with Gasteiger partial charge in [-0.2, -0.15) is 0 Å². The van der Waals surface area contributed by atoms with Gasteiger partial charge in [0.25, 0.3) is 0 Å². The molecular weight excluding hydrogens is 319 g/mol. The lowest BCUT2D eigenvalue weighted by molar-refractivity contribution is -0.122. The summed E-state index contributed by atoms with van der Waals surface area (Å²) in [5.74, 6) is 0.706. The molecule has 0 spiro atoms. The number of carbonyl (C=O) groups is 1. The van der Waals surface area contributed by atoms with Gasteiger partial charge in [-0.05, 0) is 36.2 Å². The largest absolute Gasteiger partial charge is 0.354 e. The molecule has 0 saturated carbocycles. The van der Waals surface area contributed by atoms with E-state index in [1.54, 1.807) is 19.2 Å². The van der Waals surface area contributed by atoms with E-state index >= 15 is 0 Å². The average Bonchev–Trinajstić information content (AvgIpc) is 2.64. The highest BCUT2D eigenvalue weighted by Crippen LogP contribution is 2.12. The number of aromatic nitrogens is 1. The van der Waals surface area contributed by atoms with E-state index in [1.165, 1.54) is 6.07 Å². The fourth-order valence-corrected chi connectivity index (χ4v) is 2.88. The van der Waals surface area contributed by atoms with Crippen LogP contribution in [0.4, 0.5) is 10.2 Å². The summed E-state index contributed by atoms with van der Waals surface area (Å²) < 4.78 is 13.5. The first-order valence-corrected chi connectivity index (χ1v) is 8.52. The topological polar surface area (TPSA) is 48.5 Å². The Labute approximate surface area is 147 Å². The van der Waals surface area contributed by atoms with Crippen molar-refractivity contribution in [3.8, 4) is 0 Å². The third kappa shape index (κ3) is 4.76. The quantitative estimate of drug-likeness (QED) is 0.903. The zero-order valence-corrected chi connectivity index (χ0v) is 14.4. The molecule has 2 heterocycles. The maximum atomic E-state index is 13.5. The van der Waals surface area contributed by atoms with Crippen molar-refractivity contribution >= 4 is 11.7 Å². The zero-order valence-electron chi connectivity index (χ0n) is 14.4. The normalized spacial score (nSPS) is 15.2. The second kappa shape index (κ2) is 8.07. The van der Waals surface area contributed by atoms with Gasteiger partial charge in [0.15, 0.2) is 0 Å². The first kappa shape index (κ1) is 17.4. The van der Waals surface area contributed by atoms with E-state index in [4.69, 9.17) is 0 Å². The molecule has 1 aromatic carbocycles. The number of hydrogen-bond acceptors (Lipinski definition) is 4. The van der Waals surface area contributed by atoms with Gasteiger partial charge in [-0.15, -0.1) is 0 Å². The molecule has 0 aliphatic carbocycles. The van der Waals surface area contributed by atoms with Crippen LogP contribution >= 0.6 is 0 Å². The minimum atomic E-state index is -0.239. The van der Waals surface area contributed by atoms with Gasteiger partial charge in [-0.25, -0.2) is 9.37 Å². The molecule has 6 heteroatoms. The molecule has 0 unspecified atom stereocenters. The summed E-state index contributed by atoms with van der Waals surface area (Å²) in [6.07, 6.45) is 1.79. The summed E-state index contributed by atoms with van der Waals surface area (Å²) in [6, 6.07) is 10.9. The van der Waals surface area contributed by atoms with Crippen LogP contribution in [0.15, 0.2) is 42.6 Å². The molecular formula is C19H23FN4O. The molecule has 25 heavy (non-hydrogen) atoms. The Morgan fingerprint density at radius 2 is 2.00 bits per heavy atom. The Bertz CT molecular complexity index is 715. The molecule has 1 aliphatic rings. The van der Waals surface area contributed by atoms with Crippen molar-refractivity contribution in [1.82, 2.24) is 15.2 Å². The summed E-state index contributed by atoms with van der Waals surface area (Å²) in [7, 11) is 0. The number of carbonyl (C=O) groups excluding carboxylic acids is 1. The standard InChI is InChI=1S/C19H23FN4O/c1-15-5-6-16(12-17(15)20)13-22-19(25)14-23-8-10-24(11-9-23)18-4-2-3-7-21-18/h2-7,12H,8-11,13-14H2,1H3,(H,22,25). The van der Waals surface area contributed by atoms with Crippen molar-refractivity contribution in [2.75, 3.05) is 37.6 Å². The monoisotopic (exact) mass is 342 g/mol. The highest BCUT2D eigenvalue weighted by molar-refractivity contribution is 5.78. The van der Waals surface area contributed by atoms with Crippen molar-refractivity contribution in [2.45, 2.75) is 13.5 Å². The number of piperazine rings is 1. The van der Waals surface area contributed by atoms with Crippen LogP contribution in [0, 0.1) is 12.7 Å². The van der Waals surface area contributed by atoms with Crippen molar-refractivity contribution in [2.24, 2.45) is 0 Å². The number of benzene rings is 1. The number of hydrogen-bond donors (Lipinski definition) is 1. The van der Waals surface area contributed by atoms with Crippen LogP contribution in [-0.4, -0.2) is 48.5 Å². The number of pyridine rings is 1. The Morgan fingerprint density at radius 1 is 1.20 bits per heavy atom. The number of rotatable bonds is 5. The van der Waals surface area contributed by atoms with E-state index < -0.39 is 0 Å². The molecule has 0 atom stereocenters. The second-order valence-corrected chi connectivity index (χ2v) is 6.31. The average molecular weight is 342 g/mol. The first-order valence-electron chi connectivity index (χ1n) is 8.52. The summed E-state index contributed by atoms with van der Waals surface area (Å²) in [4.78, 5) is 20.8. The summed E-state index contributed by atoms with van der Waals surface area (Å²) in [6.45, 7) is 5.80. The number of halogens is 1. The predicted octanol–water partition coefficient (Wildman–Crippen LogP) is 1.97. The molecule has 1 saturated heterocycles. The summed E-state index contributed by atoms with van der Waals surface area (Å²) in [5, 5.41) is 2.86. The second-order valence-electron chi connectivity index (χ2n) is 6.31. The van der Waals surface area contributed by atoms with E-state index in [1.807, 2.05) is 24.3 Å². The van der Waals surface area contributed by atoms with Crippen molar-refractivity contribution in [3.05, 3.63) is 59.5 Å². The molecule has 2 aromatic rings. The van der Waals surface area contributed by atoms with Crippen LogP contribution in [0.1, 0.15) is 11.1 Å². The fraction of sp³-hybridized carbons (Fsp3) is 0.368. The summed E-state index contributed by atoms with van der Waals surface area (Å²) in [5.41, 5.74) is 1.39. The third-order valence-electron chi connectivity index (χ3n) is 4.44. The van der Waals surface area contributed by atoms with Gasteiger partial charge in [0.1, 0.15) is 11.6 Å². The lowest BCUT2D eigenvalue weighted by atomic mass is 10.1. The Balaban J connectivity index is 1.42. The molecule has 132 valence electrons. The highest BCUT2D eigenvalue weighted by atomic mass is 19.1. The van der Waals surface area contributed by atoms with Crippen LogP contribution in [0.2, 0.25) is 0 Å². The van der Waals surface area contributed by atoms with Gasteiger partial charge in [0.2, 0.25) is 5.91 Å². The molecule has 0 radical (unpaired) electrons. The predicted molar refractivity (Wildman–Crippen MR) is 95.9 cm³/mol. The Hall–Kier alpha value is -2.47. The minimum absolute atomic E-state index is 0.0349. The van der Waals surface area contributed by atoms with E-state index in [2.05, 4.69) is 20.1 Å². The van der Waals surface area contributed by atoms with Crippen LogP contribution in [0.5, 0.6) is 0 Å². The lowest BCUT2D eigenvalue weighted by Crippen LogP contribution is -2.49. The molecule has 1 aromatic heterocycles. The number of nitrogens with zero attached hydrogens (tertiary/aromatic N) is 3. The maximum absolute atomic E-state index is 13.5. The van der Waals surface area contributed by atoms with E-state index in [0.717, 1.165) is 37.6 Å². The first-order chi connectivity index (χ1) is 12.1. The lowest BCUT2D eigenvalue weighted by Gasteiger charge is -2.34. The van der Waals surface area contributed by atoms with E-state index in [-0.39, 0.29) is 11.7 Å². The minimum Gasteiger partial charge on any atom is -0.354 e. The van der Waals surface area contributed by atoms with Crippen LogP contribution in [0.3, 0.4) is 0 Å². The highest BCUT2D eigenvalue weighted by Gasteiger charge is 2.19. The number of anilines is 1. The van der Waals surface area contributed by atoms with Gasteiger partial charge in [0, 0.05) is 38.9 Å². The van der Waals surface area contributed by atoms with Gasteiger partial charge < -0.3 is 10.2 Å². The Kier molecular flexibility index (Phi) is 5.60. The molecule has 1 amide bonds. The van der Waals surface area contributed by atoms with Crippen molar-refractivity contribution < 1.29 is 9.18 Å². The third-order valence-corrected chi connectivity index (χ3v) is 4.44. The van der Waals surface area contributed by atoms with Gasteiger partial charge in [-0.3, -0.25) is 9.69 Å². The zero-order chi connectivity index (χ0) is 17.6. The number of aryl methyl sites for hydroxylation is 1. The number of amides is 1. The molecule has 1 aliphatic heterocycles. The Morgan fingerprint density at radius 3 is 2.68 bits per heavy atom. The van der Waals surface area contributed by atoms with Gasteiger partial charge in [0.05, 0.1) is 6.54 Å². The smallest absolute Gasteiger partial charge is 0.234 e. The fourth-order valence-electron chi connectivity index (χ4n) is 2.88. The van der Waals surface area contributed by atoms with Gasteiger partial charge >= 0.3 is 0 Å². The van der Waals surface area contributed by atoms with Crippen LogP contribution in [-0.2, 0) is 11.3 Å². The molecule has 5 nitrogen and oxygen atoms in total. The molecule has 1 N–H and O–H groups in total. The number of nitrogens with one attached hydrogen (secondary N) is 1. The molecule has 1 fully saturated rings. The maximum Gasteiger partial charge on any atom is 0.234 e. The van der Waals surface area contributed by atoms with Crippen LogP contribution < -0.4 is 10.2 Å². The van der Waals surface area contributed by atoms with Crippen molar-refractivity contribution in [1.29, 1.82) is 0 Å². The van der Waals surface area contributed by atoms with Crippen molar-refractivity contribution in [3.63, 3.8) is 0 Å². The van der Waals surface area contributed by atoms with E-state index in [9.17, 15) is 9.18 Å². The van der Waals surface area contributed by atoms with Gasteiger partial charge in [-0.1, -0.05) is 18.2 Å². The van der Waals surface area contributed by atoms with Crippen LogP contribution in [0.25, 0.3) is 0 Å². The SMILES string of the molecule is Cc1ccc(CNC(=O)CN2CCN(c3ccccn3)CC2)cc1F. The molecule has 0 bridgehead atoms.